The number of amides is 2. The largest absolute Gasteiger partial charge is 0.332 e. The number of carbonyl (C=O) groups excluding carboxylic acids is 1. The summed E-state index contributed by atoms with van der Waals surface area (Å²) in [6.07, 6.45) is 0. The van der Waals surface area contributed by atoms with E-state index < -0.39 is 0 Å². The molecule has 2 aromatic carbocycles. The van der Waals surface area contributed by atoms with E-state index in [4.69, 9.17) is 0 Å². The van der Waals surface area contributed by atoms with Gasteiger partial charge in [0.05, 0.1) is 20.6 Å². The van der Waals surface area contributed by atoms with Gasteiger partial charge in [-0.2, -0.15) is 0 Å². The average Bonchev–Trinajstić information content (AvgIpc) is 2.50. The molecule has 0 spiro atoms. The molecular formula is C18H24N3O+. The van der Waals surface area contributed by atoms with Crippen LogP contribution in [0.25, 0.3) is 0 Å². The number of aryl methyl sites for hydroxylation is 1. The highest BCUT2D eigenvalue weighted by Crippen LogP contribution is 2.09. The highest BCUT2D eigenvalue weighted by Gasteiger charge is 2.18. The van der Waals surface area contributed by atoms with Crippen LogP contribution in [-0.4, -0.2) is 26.7 Å². The van der Waals surface area contributed by atoms with Crippen LogP contribution < -0.4 is 15.5 Å². The van der Waals surface area contributed by atoms with Crippen LogP contribution in [0.4, 0.5) is 10.5 Å². The lowest BCUT2D eigenvalue weighted by Gasteiger charge is -2.22. The molecule has 0 saturated carbocycles. The fourth-order valence-electron chi connectivity index (χ4n) is 2.35. The number of hydrogen-bond acceptors (Lipinski definition) is 1. The molecule has 0 aliphatic heterocycles. The number of urea groups is 1. The van der Waals surface area contributed by atoms with Gasteiger partial charge in [-0.3, -0.25) is 0 Å². The summed E-state index contributed by atoms with van der Waals surface area (Å²) in [6, 6.07) is 18.1. The SMILES string of the molecule is Cc1ccc(NC(=O)NC[C@H](c2ccccc2)[NH+](C)C)cc1. The Morgan fingerprint density at radius 3 is 2.27 bits per heavy atom. The molecule has 0 aliphatic rings. The van der Waals surface area contributed by atoms with Crippen LogP contribution in [0.5, 0.6) is 0 Å². The molecule has 4 nitrogen and oxygen atoms in total. The number of anilines is 1. The van der Waals surface area contributed by atoms with Gasteiger partial charge < -0.3 is 15.5 Å². The van der Waals surface area contributed by atoms with E-state index in [2.05, 4.69) is 36.9 Å². The second kappa shape index (κ2) is 7.61. The van der Waals surface area contributed by atoms with E-state index >= 15 is 0 Å². The molecule has 22 heavy (non-hydrogen) atoms. The van der Waals surface area contributed by atoms with E-state index in [0.717, 1.165) is 5.69 Å². The second-order valence-electron chi connectivity index (χ2n) is 5.74. The lowest BCUT2D eigenvalue weighted by atomic mass is 10.1. The molecule has 0 unspecified atom stereocenters. The van der Waals surface area contributed by atoms with Gasteiger partial charge in [0.15, 0.2) is 0 Å². The Morgan fingerprint density at radius 2 is 1.68 bits per heavy atom. The molecule has 0 radical (unpaired) electrons. The van der Waals surface area contributed by atoms with Gasteiger partial charge in [-0.05, 0) is 19.1 Å². The van der Waals surface area contributed by atoms with Gasteiger partial charge in [0.25, 0.3) is 0 Å². The normalized spacial score (nSPS) is 12.0. The van der Waals surface area contributed by atoms with Gasteiger partial charge in [-0.1, -0.05) is 48.0 Å². The predicted octanol–water partition coefficient (Wildman–Crippen LogP) is 2.00. The van der Waals surface area contributed by atoms with Crippen LogP contribution in [0.2, 0.25) is 0 Å². The fourth-order valence-corrected chi connectivity index (χ4v) is 2.35. The van der Waals surface area contributed by atoms with Crippen LogP contribution in [0.15, 0.2) is 54.6 Å². The first-order valence-corrected chi connectivity index (χ1v) is 7.53. The smallest absolute Gasteiger partial charge is 0.319 e. The van der Waals surface area contributed by atoms with Crippen LogP contribution in [0.1, 0.15) is 17.2 Å². The van der Waals surface area contributed by atoms with Gasteiger partial charge in [0.1, 0.15) is 6.04 Å². The first kappa shape index (κ1) is 16.0. The number of hydrogen-bond donors (Lipinski definition) is 3. The first-order chi connectivity index (χ1) is 10.6. The van der Waals surface area contributed by atoms with Crippen molar-refractivity contribution in [3.8, 4) is 0 Å². The molecule has 116 valence electrons. The highest BCUT2D eigenvalue weighted by molar-refractivity contribution is 5.89. The maximum atomic E-state index is 12.0. The van der Waals surface area contributed by atoms with Crippen LogP contribution in [0.3, 0.4) is 0 Å². The van der Waals surface area contributed by atoms with Crippen molar-refractivity contribution >= 4 is 11.7 Å². The Kier molecular flexibility index (Phi) is 5.55. The molecule has 3 N–H and O–H groups in total. The van der Waals surface area contributed by atoms with Crippen molar-refractivity contribution in [3.05, 3.63) is 65.7 Å². The van der Waals surface area contributed by atoms with Crippen molar-refractivity contribution in [3.63, 3.8) is 0 Å². The lowest BCUT2D eigenvalue weighted by molar-refractivity contribution is -0.890. The van der Waals surface area contributed by atoms with E-state index in [1.54, 1.807) is 0 Å². The van der Waals surface area contributed by atoms with Crippen LogP contribution in [-0.2, 0) is 0 Å². The third-order valence-electron chi connectivity index (χ3n) is 3.68. The average molecular weight is 298 g/mol. The van der Waals surface area contributed by atoms with Crippen molar-refractivity contribution in [2.75, 3.05) is 26.0 Å². The summed E-state index contributed by atoms with van der Waals surface area (Å²) in [6.45, 7) is 2.61. The van der Waals surface area contributed by atoms with Crippen molar-refractivity contribution in [1.82, 2.24) is 5.32 Å². The molecule has 1 atom stereocenters. The Balaban J connectivity index is 1.92. The number of rotatable bonds is 5. The van der Waals surface area contributed by atoms with E-state index in [1.807, 2.05) is 49.4 Å². The van der Waals surface area contributed by atoms with Crippen molar-refractivity contribution in [2.24, 2.45) is 0 Å². The zero-order valence-corrected chi connectivity index (χ0v) is 13.4. The first-order valence-electron chi connectivity index (χ1n) is 7.53. The van der Waals surface area contributed by atoms with E-state index in [1.165, 1.54) is 16.0 Å². The summed E-state index contributed by atoms with van der Waals surface area (Å²) in [5.74, 6) is 0. The minimum atomic E-state index is -0.175. The number of nitrogens with one attached hydrogen (secondary N) is 3. The topological polar surface area (TPSA) is 45.6 Å². The van der Waals surface area contributed by atoms with Gasteiger partial charge in [0, 0.05) is 11.3 Å². The van der Waals surface area contributed by atoms with Gasteiger partial charge in [0.2, 0.25) is 0 Å². The Hall–Kier alpha value is -2.33. The minimum absolute atomic E-state index is 0.175. The second-order valence-corrected chi connectivity index (χ2v) is 5.74. The summed E-state index contributed by atoms with van der Waals surface area (Å²) in [5.41, 5.74) is 3.20. The van der Waals surface area contributed by atoms with Crippen molar-refractivity contribution in [2.45, 2.75) is 13.0 Å². The van der Waals surface area contributed by atoms with Crippen LogP contribution in [0, 0.1) is 6.92 Å². The highest BCUT2D eigenvalue weighted by atomic mass is 16.2. The van der Waals surface area contributed by atoms with Gasteiger partial charge in [-0.15, -0.1) is 0 Å². The number of likely N-dealkylation sites (N-methyl/N-ethyl adjacent to an activating group) is 1. The molecule has 4 heteroatoms. The maximum absolute atomic E-state index is 12.0. The molecule has 0 saturated heterocycles. The van der Waals surface area contributed by atoms with Gasteiger partial charge >= 0.3 is 6.03 Å². The summed E-state index contributed by atoms with van der Waals surface area (Å²) in [5, 5.41) is 5.81. The van der Waals surface area contributed by atoms with E-state index in [9.17, 15) is 4.79 Å². The molecule has 0 aromatic heterocycles. The Labute approximate surface area is 132 Å². The predicted molar refractivity (Wildman–Crippen MR) is 90.2 cm³/mol. The van der Waals surface area contributed by atoms with Gasteiger partial charge in [-0.25, -0.2) is 4.79 Å². The Morgan fingerprint density at radius 1 is 1.05 bits per heavy atom. The quantitative estimate of drug-likeness (QED) is 0.777. The standard InChI is InChI=1S/C18H23N3O/c1-14-9-11-16(12-10-14)20-18(22)19-13-17(21(2)3)15-7-5-4-6-8-15/h4-12,17H,13H2,1-3H3,(H2,19,20,22)/p+1/t17-/m1/s1. The summed E-state index contributed by atoms with van der Waals surface area (Å²) >= 11 is 0. The summed E-state index contributed by atoms with van der Waals surface area (Å²) in [4.78, 5) is 13.3. The zero-order chi connectivity index (χ0) is 15.9. The molecule has 0 bridgehead atoms. The third kappa shape index (κ3) is 4.60. The number of quaternary nitrogens is 1. The Bertz CT molecular complexity index is 593. The number of carbonyl (C=O) groups is 1. The van der Waals surface area contributed by atoms with Crippen molar-refractivity contribution in [1.29, 1.82) is 0 Å². The molecular weight excluding hydrogens is 274 g/mol. The molecule has 2 aromatic rings. The molecule has 2 amide bonds. The molecule has 0 aliphatic carbocycles. The molecule has 0 heterocycles. The lowest BCUT2D eigenvalue weighted by Crippen LogP contribution is -3.07. The summed E-state index contributed by atoms with van der Waals surface area (Å²) < 4.78 is 0. The number of benzene rings is 2. The minimum Gasteiger partial charge on any atom is -0.332 e. The summed E-state index contributed by atoms with van der Waals surface area (Å²) in [7, 11) is 4.19. The van der Waals surface area contributed by atoms with E-state index in [0.29, 0.717) is 6.54 Å². The third-order valence-corrected chi connectivity index (χ3v) is 3.68. The van der Waals surface area contributed by atoms with Crippen molar-refractivity contribution < 1.29 is 9.69 Å². The fraction of sp³-hybridized carbons (Fsp3) is 0.278. The molecule has 0 fully saturated rings. The zero-order valence-electron chi connectivity index (χ0n) is 13.4. The van der Waals surface area contributed by atoms with E-state index in [-0.39, 0.29) is 12.1 Å². The van der Waals surface area contributed by atoms with Crippen LogP contribution >= 0.6 is 0 Å². The molecule has 2 rings (SSSR count). The maximum Gasteiger partial charge on any atom is 0.319 e. The monoisotopic (exact) mass is 298 g/mol.